The molecule has 0 atom stereocenters. The summed E-state index contributed by atoms with van der Waals surface area (Å²) >= 11 is 0.663. The average Bonchev–Trinajstić information content (AvgIpc) is 2.68. The zero-order valence-corrected chi connectivity index (χ0v) is 10.5. The Bertz CT molecular complexity index is 737. The maximum Gasteiger partial charge on any atom is 0.291 e. The van der Waals surface area contributed by atoms with Crippen LogP contribution >= 0.6 is 11.8 Å². The Morgan fingerprint density at radius 2 is 1.79 bits per heavy atom. The van der Waals surface area contributed by atoms with Crippen LogP contribution < -0.4 is 5.32 Å². The summed E-state index contributed by atoms with van der Waals surface area (Å²) in [5, 5.41) is 13.1. The minimum Gasteiger partial charge on any atom is -0.508 e. The fraction of sp³-hybridized carbons (Fsp3) is 0. The molecule has 3 rings (SSSR count). The zero-order valence-electron chi connectivity index (χ0n) is 9.71. The maximum atomic E-state index is 11.5. The van der Waals surface area contributed by atoms with Crippen LogP contribution in [-0.4, -0.2) is 15.5 Å². The van der Waals surface area contributed by atoms with Gasteiger partial charge in [0.1, 0.15) is 5.75 Å². The highest BCUT2D eigenvalue weighted by Gasteiger charge is 2.25. The number of hydrogen-bond acceptors (Lipinski definition) is 4. The van der Waals surface area contributed by atoms with E-state index in [1.807, 2.05) is 18.2 Å². The number of carbonyl (C=O) groups excluding carboxylic acids is 2. The summed E-state index contributed by atoms with van der Waals surface area (Å²) in [7, 11) is 0. The molecule has 0 aromatic heterocycles. The first-order valence-electron chi connectivity index (χ1n) is 5.59. The largest absolute Gasteiger partial charge is 0.508 e. The molecular weight excluding hydrogens is 262 g/mol. The number of phenols is 1. The molecule has 1 amide bonds. The Balaban J connectivity index is 2.02. The molecule has 94 valence electrons. The smallest absolute Gasteiger partial charge is 0.291 e. The van der Waals surface area contributed by atoms with Gasteiger partial charge in [0.25, 0.3) is 5.24 Å². The predicted octanol–water partition coefficient (Wildman–Crippen LogP) is 2.87. The lowest BCUT2D eigenvalue weighted by Crippen LogP contribution is -2.10. The lowest BCUT2D eigenvalue weighted by molar-refractivity contribution is -0.107. The molecule has 2 aromatic carbocycles. The third kappa shape index (κ3) is 2.32. The van der Waals surface area contributed by atoms with Crippen molar-refractivity contribution < 1.29 is 14.7 Å². The number of amides is 1. The molecule has 0 spiro atoms. The van der Waals surface area contributed by atoms with Crippen molar-refractivity contribution in [1.82, 2.24) is 5.32 Å². The molecule has 0 bridgehead atoms. The number of rotatable bonds is 1. The molecule has 2 N–H and O–H groups in total. The first-order valence-corrected chi connectivity index (χ1v) is 6.41. The number of thioether (sulfide) groups is 1. The number of benzene rings is 2. The summed E-state index contributed by atoms with van der Waals surface area (Å²) in [6, 6.07) is 10.7. The molecule has 1 saturated heterocycles. The van der Waals surface area contributed by atoms with Gasteiger partial charge in [-0.2, -0.15) is 0 Å². The van der Waals surface area contributed by atoms with Crippen LogP contribution in [0.5, 0.6) is 5.75 Å². The van der Waals surface area contributed by atoms with Gasteiger partial charge in [0.05, 0.1) is 5.70 Å². The van der Waals surface area contributed by atoms with E-state index in [1.165, 1.54) is 0 Å². The highest BCUT2D eigenvalue weighted by Crippen LogP contribution is 2.24. The van der Waals surface area contributed by atoms with Gasteiger partial charge in [0.2, 0.25) is 5.12 Å². The number of aromatic hydroxyl groups is 1. The van der Waals surface area contributed by atoms with Gasteiger partial charge in [0, 0.05) is 11.8 Å². The van der Waals surface area contributed by atoms with E-state index >= 15 is 0 Å². The lowest BCUT2D eigenvalue weighted by atomic mass is 10.1. The van der Waals surface area contributed by atoms with E-state index in [4.69, 9.17) is 0 Å². The Labute approximate surface area is 113 Å². The van der Waals surface area contributed by atoms with E-state index in [1.54, 1.807) is 24.3 Å². The number of fused-ring (bicyclic) bond motifs is 1. The topological polar surface area (TPSA) is 66.4 Å². The van der Waals surface area contributed by atoms with Crippen LogP contribution in [-0.2, 0) is 4.79 Å². The standard InChI is InChI=1S/C14H9NO3S/c16-11-4-3-9-5-8(1-2-10(9)7-11)6-12-13(17)19-14(18)15-12/h1-7,16H,(H,15,18). The Kier molecular flexibility index (Phi) is 2.76. The maximum absolute atomic E-state index is 11.5. The number of phenolic OH excluding ortho intramolecular Hbond substituents is 1. The molecule has 0 saturated carbocycles. The van der Waals surface area contributed by atoms with Gasteiger partial charge in [0.15, 0.2) is 0 Å². The first kappa shape index (κ1) is 11.8. The Hall–Kier alpha value is -2.27. The molecule has 2 aromatic rings. The minimum atomic E-state index is -0.345. The van der Waals surface area contributed by atoms with E-state index in [-0.39, 0.29) is 16.1 Å². The molecule has 4 nitrogen and oxygen atoms in total. The van der Waals surface area contributed by atoms with Gasteiger partial charge in [-0.3, -0.25) is 9.59 Å². The molecule has 5 heteroatoms. The highest BCUT2D eigenvalue weighted by molar-refractivity contribution is 8.27. The van der Waals surface area contributed by atoms with E-state index in [0.717, 1.165) is 16.3 Å². The summed E-state index contributed by atoms with van der Waals surface area (Å²) in [6.07, 6.45) is 1.65. The third-order valence-corrected chi connectivity index (χ3v) is 3.49. The first-order chi connectivity index (χ1) is 9.11. The quantitative estimate of drug-likeness (QED) is 0.783. The number of nitrogens with one attached hydrogen (secondary N) is 1. The van der Waals surface area contributed by atoms with Crippen molar-refractivity contribution in [2.45, 2.75) is 0 Å². The van der Waals surface area contributed by atoms with Crippen LogP contribution in [0.2, 0.25) is 0 Å². The van der Waals surface area contributed by atoms with Crippen molar-refractivity contribution in [3.05, 3.63) is 47.7 Å². The summed E-state index contributed by atoms with van der Waals surface area (Å²) < 4.78 is 0. The molecule has 1 aliphatic heterocycles. The summed E-state index contributed by atoms with van der Waals surface area (Å²) in [5.41, 5.74) is 1.12. The van der Waals surface area contributed by atoms with Gasteiger partial charge in [-0.25, -0.2) is 0 Å². The van der Waals surface area contributed by atoms with Gasteiger partial charge < -0.3 is 10.4 Å². The summed E-state index contributed by atoms with van der Waals surface area (Å²) in [5.74, 6) is 0.216. The van der Waals surface area contributed by atoms with E-state index < -0.39 is 0 Å². The molecule has 19 heavy (non-hydrogen) atoms. The lowest BCUT2D eigenvalue weighted by Gasteiger charge is -2.01. The SMILES string of the molecule is O=C1NC(=Cc2ccc3cc(O)ccc3c2)C(=O)S1. The summed E-state index contributed by atoms with van der Waals surface area (Å²) in [6.45, 7) is 0. The van der Waals surface area contributed by atoms with Crippen LogP contribution in [0.3, 0.4) is 0 Å². The number of hydrogen-bond donors (Lipinski definition) is 2. The van der Waals surface area contributed by atoms with Gasteiger partial charge >= 0.3 is 0 Å². The van der Waals surface area contributed by atoms with Crippen LogP contribution in [0, 0.1) is 0 Å². The molecule has 1 fully saturated rings. The Morgan fingerprint density at radius 1 is 1.05 bits per heavy atom. The van der Waals surface area contributed by atoms with Crippen molar-refractivity contribution in [1.29, 1.82) is 0 Å². The van der Waals surface area contributed by atoms with Crippen molar-refractivity contribution in [2.75, 3.05) is 0 Å². The molecule has 1 aliphatic rings. The third-order valence-electron chi connectivity index (χ3n) is 2.80. The van der Waals surface area contributed by atoms with Crippen molar-refractivity contribution in [3.63, 3.8) is 0 Å². The van der Waals surface area contributed by atoms with Gasteiger partial charge in [-0.05, 0) is 40.6 Å². The van der Waals surface area contributed by atoms with E-state index in [0.29, 0.717) is 17.5 Å². The fourth-order valence-electron chi connectivity index (χ4n) is 1.93. The highest BCUT2D eigenvalue weighted by atomic mass is 32.2. The predicted molar refractivity (Wildman–Crippen MR) is 74.7 cm³/mol. The second kappa shape index (κ2) is 4.44. The molecular formula is C14H9NO3S. The minimum absolute atomic E-state index is 0.216. The fourth-order valence-corrected chi connectivity index (χ4v) is 2.48. The Morgan fingerprint density at radius 3 is 2.53 bits per heavy atom. The number of carbonyl (C=O) groups is 2. The molecule has 0 aliphatic carbocycles. The van der Waals surface area contributed by atoms with Gasteiger partial charge in [-0.1, -0.05) is 18.2 Å². The second-order valence-corrected chi connectivity index (χ2v) is 5.10. The van der Waals surface area contributed by atoms with Crippen molar-refractivity contribution >= 4 is 39.0 Å². The molecule has 0 radical (unpaired) electrons. The van der Waals surface area contributed by atoms with Crippen LogP contribution in [0.4, 0.5) is 4.79 Å². The zero-order chi connectivity index (χ0) is 13.4. The van der Waals surface area contributed by atoms with Crippen LogP contribution in [0.1, 0.15) is 5.56 Å². The van der Waals surface area contributed by atoms with E-state index in [9.17, 15) is 14.7 Å². The van der Waals surface area contributed by atoms with Gasteiger partial charge in [-0.15, -0.1) is 0 Å². The normalized spacial score (nSPS) is 17.2. The van der Waals surface area contributed by atoms with E-state index in [2.05, 4.69) is 5.32 Å². The van der Waals surface area contributed by atoms with Crippen molar-refractivity contribution in [2.24, 2.45) is 0 Å². The summed E-state index contributed by atoms with van der Waals surface area (Å²) in [4.78, 5) is 22.5. The van der Waals surface area contributed by atoms with Crippen LogP contribution in [0.25, 0.3) is 16.8 Å². The molecule has 1 heterocycles. The van der Waals surface area contributed by atoms with Crippen LogP contribution in [0.15, 0.2) is 42.1 Å². The van der Waals surface area contributed by atoms with Crippen molar-refractivity contribution in [3.8, 4) is 5.75 Å². The second-order valence-electron chi connectivity index (χ2n) is 4.15. The average molecular weight is 271 g/mol. The molecule has 0 unspecified atom stereocenters. The monoisotopic (exact) mass is 271 g/mol.